The van der Waals surface area contributed by atoms with E-state index in [2.05, 4.69) is 5.32 Å². The van der Waals surface area contributed by atoms with Crippen LogP contribution in [0.3, 0.4) is 0 Å². The van der Waals surface area contributed by atoms with Gasteiger partial charge in [-0.1, -0.05) is 18.2 Å². The number of nitrogens with one attached hydrogen (secondary N) is 1. The minimum atomic E-state index is -0.622. The van der Waals surface area contributed by atoms with E-state index >= 15 is 0 Å². The predicted octanol–water partition coefficient (Wildman–Crippen LogP) is 2.40. The summed E-state index contributed by atoms with van der Waals surface area (Å²) in [4.78, 5) is 13.3. The van der Waals surface area contributed by atoms with E-state index in [1.807, 2.05) is 43.2 Å². The van der Waals surface area contributed by atoms with Crippen molar-refractivity contribution in [1.82, 2.24) is 5.32 Å². The molecule has 1 aliphatic rings. The molecular formula is C16H18NO2S. The van der Waals surface area contributed by atoms with Gasteiger partial charge >= 0.3 is 0 Å². The van der Waals surface area contributed by atoms with Crippen molar-refractivity contribution in [2.24, 2.45) is 0 Å². The molecule has 5 radical (unpaired) electrons. The molecule has 0 spiro atoms. The fraction of sp³-hybridized carbons (Fsp3) is 0.250. The van der Waals surface area contributed by atoms with E-state index in [1.54, 1.807) is 32.0 Å². The summed E-state index contributed by atoms with van der Waals surface area (Å²) in [7, 11) is 0. The molecule has 2 rings (SSSR count). The van der Waals surface area contributed by atoms with Crippen LogP contribution in [0, 0.1) is 30.4 Å². The molecule has 0 aromatic heterocycles. The van der Waals surface area contributed by atoms with Crippen LogP contribution in [0.15, 0.2) is 35.2 Å². The fourth-order valence-electron chi connectivity index (χ4n) is 1.71. The highest BCUT2D eigenvalue weighted by Gasteiger charge is 2.37. The average Bonchev–Trinajstić information content (AvgIpc) is 2.88. The van der Waals surface area contributed by atoms with E-state index in [0.717, 1.165) is 10.1 Å². The Labute approximate surface area is 125 Å². The lowest BCUT2D eigenvalue weighted by molar-refractivity contribution is -0.120. The highest BCUT2D eigenvalue weighted by Crippen LogP contribution is 2.45. The minimum Gasteiger partial charge on any atom is -0.394 e. The Kier molecular flexibility index (Phi) is 5.11. The summed E-state index contributed by atoms with van der Waals surface area (Å²) >= 11 is 1.56. The molecule has 2 N–H and O–H groups in total. The van der Waals surface area contributed by atoms with Gasteiger partial charge in [0.15, 0.2) is 0 Å². The van der Waals surface area contributed by atoms with Gasteiger partial charge in [-0.15, -0.1) is 11.8 Å². The molecule has 0 aliphatic heterocycles. The first-order valence-electron chi connectivity index (χ1n) is 6.44. The molecule has 20 heavy (non-hydrogen) atoms. The van der Waals surface area contributed by atoms with Crippen LogP contribution in [-0.2, 0) is 4.79 Å². The first kappa shape index (κ1) is 15.4. The van der Waals surface area contributed by atoms with Gasteiger partial charge < -0.3 is 10.4 Å². The highest BCUT2D eigenvalue weighted by molar-refractivity contribution is 8.02. The first-order chi connectivity index (χ1) is 9.52. The zero-order valence-electron chi connectivity index (χ0n) is 11.6. The number of aliphatic hydroxyl groups excluding tert-OH is 1. The zero-order valence-corrected chi connectivity index (χ0v) is 12.4. The van der Waals surface area contributed by atoms with E-state index in [4.69, 9.17) is 0 Å². The van der Waals surface area contributed by atoms with Crippen molar-refractivity contribution in [2.45, 2.75) is 24.3 Å². The maximum Gasteiger partial charge on any atom is 0.229 e. The molecule has 0 saturated heterocycles. The molecule has 1 aromatic rings. The first-order valence-corrected chi connectivity index (χ1v) is 7.25. The molecule has 1 aliphatic carbocycles. The summed E-state index contributed by atoms with van der Waals surface area (Å²) in [5.41, 5.74) is -0.622. The number of rotatable bonds is 5. The van der Waals surface area contributed by atoms with Crippen molar-refractivity contribution in [3.05, 3.63) is 60.8 Å². The van der Waals surface area contributed by atoms with Crippen molar-refractivity contribution in [3.63, 3.8) is 0 Å². The molecular weight excluding hydrogens is 270 g/mol. The van der Waals surface area contributed by atoms with Gasteiger partial charge in [-0.05, 0) is 45.2 Å². The van der Waals surface area contributed by atoms with Crippen LogP contribution in [-0.4, -0.2) is 23.2 Å². The topological polar surface area (TPSA) is 49.3 Å². The number of carbonyl (C=O) groups is 1. The van der Waals surface area contributed by atoms with Crippen LogP contribution < -0.4 is 5.32 Å². The van der Waals surface area contributed by atoms with Crippen molar-refractivity contribution in [2.75, 3.05) is 6.61 Å². The molecule has 1 amide bonds. The van der Waals surface area contributed by atoms with E-state index < -0.39 is 5.54 Å². The van der Waals surface area contributed by atoms with Gasteiger partial charge in [0, 0.05) is 4.90 Å². The molecule has 1 fully saturated rings. The third-order valence-electron chi connectivity index (χ3n) is 2.84. The Bertz CT molecular complexity index is 447. The number of aliphatic hydroxyl groups is 1. The quantitative estimate of drug-likeness (QED) is 0.874. The maximum atomic E-state index is 12.3. The average molecular weight is 288 g/mol. The van der Waals surface area contributed by atoms with Gasteiger partial charge in [0.2, 0.25) is 5.91 Å². The van der Waals surface area contributed by atoms with E-state index in [-0.39, 0.29) is 12.5 Å². The molecule has 0 atom stereocenters. The molecule has 1 aromatic carbocycles. The summed E-state index contributed by atoms with van der Waals surface area (Å²) in [6, 6.07) is 9.93. The number of thioether (sulfide) groups is 1. The number of hydrogen-bond acceptors (Lipinski definition) is 3. The summed E-state index contributed by atoms with van der Waals surface area (Å²) < 4.78 is 0. The highest BCUT2D eigenvalue weighted by atomic mass is 32.2. The predicted molar refractivity (Wildman–Crippen MR) is 81.0 cm³/mol. The smallest absolute Gasteiger partial charge is 0.229 e. The van der Waals surface area contributed by atoms with Crippen LogP contribution in [0.2, 0.25) is 0 Å². The van der Waals surface area contributed by atoms with Gasteiger partial charge in [-0.3, -0.25) is 4.79 Å². The van der Waals surface area contributed by atoms with Crippen molar-refractivity contribution in [1.29, 1.82) is 0 Å². The summed E-state index contributed by atoms with van der Waals surface area (Å²) in [6.45, 7) is 3.48. The second-order valence-electron chi connectivity index (χ2n) is 5.21. The van der Waals surface area contributed by atoms with Crippen LogP contribution in [0.1, 0.15) is 13.8 Å². The monoisotopic (exact) mass is 288 g/mol. The lowest BCUT2D eigenvalue weighted by atomic mass is 10.0. The van der Waals surface area contributed by atoms with Crippen LogP contribution >= 0.6 is 11.8 Å². The van der Waals surface area contributed by atoms with E-state index in [9.17, 15) is 9.90 Å². The van der Waals surface area contributed by atoms with Gasteiger partial charge in [0.25, 0.3) is 0 Å². The van der Waals surface area contributed by atoms with Crippen LogP contribution in [0.25, 0.3) is 0 Å². The molecule has 105 valence electrons. The van der Waals surface area contributed by atoms with Crippen molar-refractivity contribution >= 4 is 17.7 Å². The summed E-state index contributed by atoms with van der Waals surface area (Å²) in [5, 5.41) is 13.0. The van der Waals surface area contributed by atoms with Crippen molar-refractivity contribution in [3.8, 4) is 0 Å². The normalized spacial score (nSPS) is 17.4. The number of amides is 1. The van der Waals surface area contributed by atoms with E-state index in [1.165, 1.54) is 0 Å². The number of hydrogen-bond donors (Lipinski definition) is 2. The standard InChI is InChI=1S/C16H18NO2S/c1-16(2,11-18)17-15(19)13-9-6-10-14(13)20-12-7-4-3-5-8-12/h3-10,18H,11H2,1-2H3,(H,17,19). The second-order valence-corrected chi connectivity index (χ2v) is 6.33. The Morgan fingerprint density at radius 3 is 2.60 bits per heavy atom. The summed E-state index contributed by atoms with van der Waals surface area (Å²) in [5.74, 6) is 0.479. The largest absolute Gasteiger partial charge is 0.394 e. The Hall–Kier alpha value is -1.00. The Morgan fingerprint density at radius 1 is 1.25 bits per heavy atom. The van der Waals surface area contributed by atoms with Crippen molar-refractivity contribution < 1.29 is 9.90 Å². The molecule has 0 unspecified atom stereocenters. The Balaban J connectivity index is 1.98. The molecule has 0 heterocycles. The van der Waals surface area contributed by atoms with Gasteiger partial charge in [0.05, 0.1) is 23.3 Å². The third kappa shape index (κ3) is 4.00. The Morgan fingerprint density at radius 2 is 1.95 bits per heavy atom. The third-order valence-corrected chi connectivity index (χ3v) is 3.92. The second kappa shape index (κ2) is 6.64. The molecule has 3 nitrogen and oxygen atoms in total. The number of benzene rings is 1. The van der Waals surface area contributed by atoms with Gasteiger partial charge in [0.1, 0.15) is 0 Å². The molecule has 4 heteroatoms. The molecule has 0 bridgehead atoms. The lowest BCUT2D eigenvalue weighted by Crippen LogP contribution is -2.48. The maximum absolute atomic E-state index is 12.3. The van der Waals surface area contributed by atoms with Gasteiger partial charge in [-0.2, -0.15) is 0 Å². The number of carbonyl (C=O) groups excluding carboxylic acids is 1. The van der Waals surface area contributed by atoms with Crippen LogP contribution in [0.5, 0.6) is 0 Å². The minimum absolute atomic E-state index is 0.0966. The van der Waals surface area contributed by atoms with Gasteiger partial charge in [-0.25, -0.2) is 0 Å². The summed E-state index contributed by atoms with van der Waals surface area (Å²) in [6.07, 6.45) is 5.60. The van der Waals surface area contributed by atoms with Crippen LogP contribution in [0.4, 0.5) is 0 Å². The fourth-order valence-corrected chi connectivity index (χ4v) is 2.67. The SMILES string of the molecule is CC(C)(CO)NC(=O)[C]1[CH][CH][CH][C]1Sc1ccccc1. The zero-order chi connectivity index (χ0) is 14.6. The molecule has 1 saturated carbocycles. The van der Waals surface area contributed by atoms with E-state index in [0.29, 0.717) is 5.92 Å². The lowest BCUT2D eigenvalue weighted by Gasteiger charge is -2.26.